The van der Waals surface area contributed by atoms with Crippen LogP contribution in [-0.2, 0) is 10.0 Å². The maximum absolute atomic E-state index is 13.3. The average molecular weight is 365 g/mol. The highest BCUT2D eigenvalue weighted by Gasteiger charge is 2.18. The Kier molecular flexibility index (Phi) is 4.21. The summed E-state index contributed by atoms with van der Waals surface area (Å²) in [6.07, 6.45) is 1.16. The molecule has 0 unspecified atom stereocenters. The Labute approximate surface area is 142 Å². The van der Waals surface area contributed by atoms with Gasteiger partial charge in [-0.1, -0.05) is 0 Å². The van der Waals surface area contributed by atoms with Crippen LogP contribution in [0.15, 0.2) is 41.6 Å². The fraction of sp³-hybridized carbons (Fsp3) is 0.133. The zero-order valence-electron chi connectivity index (χ0n) is 13.2. The summed E-state index contributed by atoms with van der Waals surface area (Å²) in [5.74, 6) is -1.69. The van der Waals surface area contributed by atoms with E-state index in [1.54, 1.807) is 0 Å². The number of anilines is 1. The normalized spacial score (nSPS) is 11.5. The molecular weight excluding hydrogens is 352 g/mol. The van der Waals surface area contributed by atoms with Gasteiger partial charge in [0.25, 0.3) is 10.0 Å². The smallest absolute Gasteiger partial charge is 0.263 e. The van der Waals surface area contributed by atoms with Gasteiger partial charge in [0.15, 0.2) is 5.82 Å². The number of benzene rings is 1. The third-order valence-corrected chi connectivity index (χ3v) is 4.60. The maximum atomic E-state index is 13.3. The molecule has 0 aliphatic rings. The summed E-state index contributed by atoms with van der Waals surface area (Å²) in [4.78, 5) is 7.33. The number of halogens is 2. The van der Waals surface area contributed by atoms with E-state index in [4.69, 9.17) is 0 Å². The first kappa shape index (κ1) is 17.0. The topological polar surface area (TPSA) is 89.8 Å². The SMILES string of the molecule is Cc1cc(C)n(-c2cc(NS(=O)(=O)c3cc(F)cc(F)c3)ncn2)n1. The molecule has 0 bridgehead atoms. The first-order valence-electron chi connectivity index (χ1n) is 7.09. The molecule has 0 radical (unpaired) electrons. The van der Waals surface area contributed by atoms with Crippen LogP contribution >= 0.6 is 0 Å². The quantitative estimate of drug-likeness (QED) is 0.767. The number of nitrogens with one attached hydrogen (secondary N) is 1. The second-order valence-corrected chi connectivity index (χ2v) is 6.99. The van der Waals surface area contributed by atoms with E-state index in [2.05, 4.69) is 19.8 Å². The van der Waals surface area contributed by atoms with E-state index in [9.17, 15) is 17.2 Å². The summed E-state index contributed by atoms with van der Waals surface area (Å²) < 4.78 is 54.8. The van der Waals surface area contributed by atoms with E-state index in [1.807, 2.05) is 19.9 Å². The van der Waals surface area contributed by atoms with E-state index in [0.717, 1.165) is 17.7 Å². The Hall–Kier alpha value is -2.88. The number of rotatable bonds is 4. The van der Waals surface area contributed by atoms with Crippen molar-refractivity contribution in [1.82, 2.24) is 19.7 Å². The van der Waals surface area contributed by atoms with Crippen LogP contribution < -0.4 is 4.72 Å². The molecule has 2 heterocycles. The van der Waals surface area contributed by atoms with Crippen LogP contribution in [0.2, 0.25) is 0 Å². The van der Waals surface area contributed by atoms with Crippen molar-refractivity contribution in [3.63, 3.8) is 0 Å². The summed E-state index contributed by atoms with van der Waals surface area (Å²) >= 11 is 0. The monoisotopic (exact) mass is 365 g/mol. The summed E-state index contributed by atoms with van der Waals surface area (Å²) in [6, 6.07) is 5.22. The van der Waals surface area contributed by atoms with Gasteiger partial charge in [0.1, 0.15) is 23.8 Å². The van der Waals surface area contributed by atoms with Crippen molar-refractivity contribution in [2.75, 3.05) is 4.72 Å². The molecule has 0 atom stereocenters. The predicted molar refractivity (Wildman–Crippen MR) is 85.8 cm³/mol. The Morgan fingerprint density at radius 3 is 2.28 bits per heavy atom. The zero-order valence-corrected chi connectivity index (χ0v) is 14.1. The second kappa shape index (κ2) is 6.20. The highest BCUT2D eigenvalue weighted by Crippen LogP contribution is 2.18. The molecule has 1 N–H and O–H groups in total. The molecule has 0 aliphatic heterocycles. The van der Waals surface area contributed by atoms with Gasteiger partial charge in [0.2, 0.25) is 0 Å². The van der Waals surface area contributed by atoms with E-state index in [0.29, 0.717) is 24.0 Å². The summed E-state index contributed by atoms with van der Waals surface area (Å²) in [5.41, 5.74) is 1.57. The maximum Gasteiger partial charge on any atom is 0.263 e. The predicted octanol–water partition coefficient (Wildman–Crippen LogP) is 2.36. The molecule has 2 aromatic heterocycles. The molecular formula is C15H13F2N5O2S. The summed E-state index contributed by atoms with van der Waals surface area (Å²) in [5, 5.41) is 4.25. The van der Waals surface area contributed by atoms with Crippen molar-refractivity contribution < 1.29 is 17.2 Å². The lowest BCUT2D eigenvalue weighted by molar-refractivity contribution is 0.568. The summed E-state index contributed by atoms with van der Waals surface area (Å²) in [7, 11) is -4.21. The largest absolute Gasteiger partial charge is 0.263 e. The molecule has 7 nitrogen and oxygen atoms in total. The fourth-order valence-electron chi connectivity index (χ4n) is 2.26. The molecule has 0 fully saturated rings. The minimum Gasteiger partial charge on any atom is -0.263 e. The molecule has 3 aromatic rings. The Bertz CT molecular complexity index is 1030. The van der Waals surface area contributed by atoms with Crippen LogP contribution in [0.25, 0.3) is 5.82 Å². The van der Waals surface area contributed by atoms with Crippen LogP contribution in [0.1, 0.15) is 11.4 Å². The highest BCUT2D eigenvalue weighted by molar-refractivity contribution is 7.92. The van der Waals surface area contributed by atoms with Crippen molar-refractivity contribution in [1.29, 1.82) is 0 Å². The van der Waals surface area contributed by atoms with Crippen LogP contribution in [-0.4, -0.2) is 28.2 Å². The van der Waals surface area contributed by atoms with Gasteiger partial charge in [0, 0.05) is 17.8 Å². The minimum absolute atomic E-state index is 0.0535. The average Bonchev–Trinajstić information content (AvgIpc) is 2.85. The number of aromatic nitrogens is 4. The minimum atomic E-state index is -4.21. The number of nitrogens with zero attached hydrogens (tertiary/aromatic N) is 4. The fourth-order valence-corrected chi connectivity index (χ4v) is 3.30. The Balaban J connectivity index is 1.95. The molecule has 0 saturated heterocycles. The lowest BCUT2D eigenvalue weighted by Crippen LogP contribution is -2.15. The first-order chi connectivity index (χ1) is 11.7. The molecule has 3 rings (SSSR count). The second-order valence-electron chi connectivity index (χ2n) is 5.31. The third kappa shape index (κ3) is 3.63. The van der Waals surface area contributed by atoms with Crippen LogP contribution in [0.5, 0.6) is 0 Å². The van der Waals surface area contributed by atoms with E-state index in [-0.39, 0.29) is 5.82 Å². The van der Waals surface area contributed by atoms with Crippen LogP contribution in [0, 0.1) is 25.5 Å². The van der Waals surface area contributed by atoms with Crippen molar-refractivity contribution >= 4 is 15.8 Å². The molecule has 0 saturated carbocycles. The van der Waals surface area contributed by atoms with Crippen LogP contribution in [0.3, 0.4) is 0 Å². The molecule has 0 amide bonds. The lowest BCUT2D eigenvalue weighted by atomic mass is 10.3. The molecule has 10 heteroatoms. The Morgan fingerprint density at radius 1 is 1.00 bits per heavy atom. The van der Waals surface area contributed by atoms with Gasteiger partial charge in [-0.2, -0.15) is 5.10 Å². The lowest BCUT2D eigenvalue weighted by Gasteiger charge is -2.09. The van der Waals surface area contributed by atoms with Crippen molar-refractivity contribution in [2.45, 2.75) is 18.7 Å². The number of hydrogen-bond acceptors (Lipinski definition) is 5. The molecule has 0 spiro atoms. The molecule has 0 aliphatic carbocycles. The van der Waals surface area contributed by atoms with Gasteiger partial charge in [-0.15, -0.1) is 0 Å². The van der Waals surface area contributed by atoms with E-state index < -0.39 is 26.6 Å². The molecule has 130 valence electrons. The zero-order chi connectivity index (χ0) is 18.2. The van der Waals surface area contributed by atoms with Gasteiger partial charge < -0.3 is 0 Å². The van der Waals surface area contributed by atoms with Crippen molar-refractivity contribution in [3.8, 4) is 5.82 Å². The van der Waals surface area contributed by atoms with Gasteiger partial charge in [-0.25, -0.2) is 31.8 Å². The van der Waals surface area contributed by atoms with Crippen LogP contribution in [0.4, 0.5) is 14.6 Å². The molecule has 1 aromatic carbocycles. The number of hydrogen-bond donors (Lipinski definition) is 1. The van der Waals surface area contributed by atoms with Gasteiger partial charge >= 0.3 is 0 Å². The standard InChI is InChI=1S/C15H13F2N5O2S/c1-9-3-10(2)22(20-9)15-7-14(18-8-19-15)21-25(23,24)13-5-11(16)4-12(17)6-13/h3-8H,1-2H3,(H,18,19,21). The number of sulfonamides is 1. The third-order valence-electron chi connectivity index (χ3n) is 3.26. The van der Waals surface area contributed by atoms with Crippen molar-refractivity contribution in [3.05, 3.63) is 59.7 Å². The van der Waals surface area contributed by atoms with Gasteiger partial charge in [-0.05, 0) is 32.0 Å². The van der Waals surface area contributed by atoms with Gasteiger partial charge in [0.05, 0.1) is 10.6 Å². The highest BCUT2D eigenvalue weighted by atomic mass is 32.2. The Morgan fingerprint density at radius 2 is 1.68 bits per heavy atom. The summed E-state index contributed by atoms with van der Waals surface area (Å²) in [6.45, 7) is 3.63. The first-order valence-corrected chi connectivity index (χ1v) is 8.57. The molecule has 25 heavy (non-hydrogen) atoms. The van der Waals surface area contributed by atoms with Gasteiger partial charge in [-0.3, -0.25) is 4.72 Å². The van der Waals surface area contributed by atoms with E-state index >= 15 is 0 Å². The number of aryl methyl sites for hydroxylation is 2. The van der Waals surface area contributed by atoms with E-state index in [1.165, 1.54) is 10.7 Å². The van der Waals surface area contributed by atoms with Crippen molar-refractivity contribution in [2.24, 2.45) is 0 Å².